The fourth-order valence-corrected chi connectivity index (χ4v) is 5.35. The van der Waals surface area contributed by atoms with E-state index in [2.05, 4.69) is 59.3 Å². The van der Waals surface area contributed by atoms with E-state index >= 15 is 0 Å². The van der Waals surface area contributed by atoms with E-state index in [-0.39, 0.29) is 17.2 Å². The Kier molecular flexibility index (Phi) is 9.26. The minimum Gasteiger partial charge on any atom is -0.393 e. The minimum atomic E-state index is 0.0208. The third-order valence-corrected chi connectivity index (χ3v) is 7.12. The molecule has 104 valence electrons. The van der Waals surface area contributed by atoms with E-state index in [4.69, 9.17) is 5.73 Å². The second-order valence-corrected chi connectivity index (χ2v) is 9.73. The molecule has 2 nitrogen and oxygen atoms in total. The number of rotatable bonds is 8. The van der Waals surface area contributed by atoms with Gasteiger partial charge in [-0.15, -0.1) is 23.5 Å². The summed E-state index contributed by atoms with van der Waals surface area (Å²) in [6.07, 6.45) is 0.231. The van der Waals surface area contributed by atoms with Crippen molar-refractivity contribution in [2.75, 3.05) is 28.1 Å². The summed E-state index contributed by atoms with van der Waals surface area (Å²) in [5.74, 6) is 5.67. The zero-order chi connectivity index (χ0) is 13.4. The molecule has 7 heteroatoms. The van der Waals surface area contributed by atoms with E-state index < -0.39 is 0 Å². The molecule has 0 aromatic heterocycles. The van der Waals surface area contributed by atoms with Crippen molar-refractivity contribution in [2.24, 2.45) is 5.73 Å². The van der Waals surface area contributed by atoms with Gasteiger partial charge in [0, 0.05) is 38.6 Å². The summed E-state index contributed by atoms with van der Waals surface area (Å²) in [4.78, 5) is 10.4. The zero-order valence-corrected chi connectivity index (χ0v) is 14.5. The summed E-state index contributed by atoms with van der Waals surface area (Å²) >= 11 is 12.9. The molecular formula is C11H19NOS5. The number of hydrogen-bond acceptors (Lipinski definition) is 6. The second-order valence-electron chi connectivity index (χ2n) is 4.12. The van der Waals surface area contributed by atoms with Crippen molar-refractivity contribution in [3.8, 4) is 0 Å². The van der Waals surface area contributed by atoms with Crippen LogP contribution in [0.5, 0.6) is 0 Å². The Bertz CT molecular complexity index is 253. The molecule has 2 heterocycles. The number of nitrogens with two attached hydrogens (primary N) is 1. The van der Waals surface area contributed by atoms with Crippen molar-refractivity contribution >= 4 is 70.0 Å². The van der Waals surface area contributed by atoms with Gasteiger partial charge in [0.15, 0.2) is 0 Å². The first-order chi connectivity index (χ1) is 8.58. The van der Waals surface area contributed by atoms with Crippen LogP contribution in [0.2, 0.25) is 0 Å². The van der Waals surface area contributed by atoms with Gasteiger partial charge in [-0.1, -0.05) is 12.2 Å². The third-order valence-electron chi connectivity index (χ3n) is 2.00. The quantitative estimate of drug-likeness (QED) is 0.315. The summed E-state index contributed by atoms with van der Waals surface area (Å²) in [6, 6.07) is 0. The fourth-order valence-electron chi connectivity index (χ4n) is 0.992. The van der Waals surface area contributed by atoms with Crippen molar-refractivity contribution in [3.63, 3.8) is 0 Å². The summed E-state index contributed by atoms with van der Waals surface area (Å²) in [6.45, 7) is 1.46. The van der Waals surface area contributed by atoms with E-state index in [0.717, 1.165) is 10.5 Å². The number of thioether (sulfide) groups is 4. The Labute approximate surface area is 132 Å². The number of ketones is 1. The minimum absolute atomic E-state index is 0.0208. The molecule has 2 N–H and O–H groups in total. The van der Waals surface area contributed by atoms with Gasteiger partial charge in [-0.05, 0) is 6.92 Å². The lowest BCUT2D eigenvalue weighted by Gasteiger charge is -1.97. The average Bonchev–Trinajstić information content (AvgIpc) is 3.12. The topological polar surface area (TPSA) is 43.1 Å². The van der Waals surface area contributed by atoms with Crippen molar-refractivity contribution in [2.45, 2.75) is 23.8 Å². The summed E-state index contributed by atoms with van der Waals surface area (Å²) < 4.78 is 0. The second kappa shape index (κ2) is 9.80. The molecule has 2 saturated heterocycles. The van der Waals surface area contributed by atoms with Crippen molar-refractivity contribution < 1.29 is 4.79 Å². The SMILES string of the molecule is C(SCC1CS1)SCC1CS1.CC(=O)CC(N)=S. The highest BCUT2D eigenvalue weighted by Crippen LogP contribution is 2.36. The molecule has 0 aromatic rings. The predicted octanol–water partition coefficient (Wildman–Crippen LogP) is 2.89. The number of thiocarbonyl (C=S) groups is 1. The Morgan fingerprint density at radius 1 is 1.28 bits per heavy atom. The summed E-state index contributed by atoms with van der Waals surface area (Å²) in [7, 11) is 0. The maximum absolute atomic E-state index is 10.1. The molecule has 2 aliphatic heterocycles. The maximum Gasteiger partial charge on any atom is 0.136 e. The van der Waals surface area contributed by atoms with Gasteiger partial charge in [-0.2, -0.15) is 23.5 Å². The van der Waals surface area contributed by atoms with Crippen LogP contribution in [-0.4, -0.2) is 49.4 Å². The van der Waals surface area contributed by atoms with Gasteiger partial charge in [0.2, 0.25) is 0 Å². The Morgan fingerprint density at radius 3 is 1.94 bits per heavy atom. The fraction of sp³-hybridized carbons (Fsp3) is 0.818. The highest BCUT2D eigenvalue weighted by molar-refractivity contribution is 8.17. The van der Waals surface area contributed by atoms with Crippen LogP contribution in [0.1, 0.15) is 13.3 Å². The van der Waals surface area contributed by atoms with Crippen molar-refractivity contribution in [1.29, 1.82) is 0 Å². The third kappa shape index (κ3) is 12.0. The molecule has 2 atom stereocenters. The molecule has 0 aliphatic carbocycles. The van der Waals surface area contributed by atoms with Crippen LogP contribution in [0.15, 0.2) is 0 Å². The smallest absolute Gasteiger partial charge is 0.136 e. The van der Waals surface area contributed by atoms with Crippen LogP contribution in [0.3, 0.4) is 0 Å². The lowest BCUT2D eigenvalue weighted by Crippen LogP contribution is -2.11. The highest BCUT2D eigenvalue weighted by Gasteiger charge is 2.23. The van der Waals surface area contributed by atoms with E-state index in [1.54, 1.807) is 0 Å². The molecule has 2 aliphatic rings. The maximum atomic E-state index is 10.1. The molecule has 0 spiro atoms. The number of carbonyl (C=O) groups excluding carboxylic acids is 1. The summed E-state index contributed by atoms with van der Waals surface area (Å²) in [5.41, 5.74) is 5.00. The van der Waals surface area contributed by atoms with E-state index in [0.29, 0.717) is 0 Å². The number of Topliss-reactive ketones (excluding diaryl/α,β-unsaturated/α-hetero) is 1. The van der Waals surface area contributed by atoms with Gasteiger partial charge in [-0.25, -0.2) is 0 Å². The van der Waals surface area contributed by atoms with E-state index in [1.807, 2.05) is 0 Å². The van der Waals surface area contributed by atoms with Crippen LogP contribution in [-0.2, 0) is 4.79 Å². The van der Waals surface area contributed by atoms with Gasteiger partial charge in [0.1, 0.15) is 5.78 Å². The van der Waals surface area contributed by atoms with E-state index in [9.17, 15) is 4.79 Å². The van der Waals surface area contributed by atoms with Gasteiger partial charge in [-0.3, -0.25) is 4.79 Å². The first kappa shape index (κ1) is 17.0. The Morgan fingerprint density at radius 2 is 1.72 bits per heavy atom. The van der Waals surface area contributed by atoms with Crippen LogP contribution in [0.4, 0.5) is 0 Å². The average molecular weight is 342 g/mol. The zero-order valence-electron chi connectivity index (χ0n) is 10.4. The van der Waals surface area contributed by atoms with Crippen molar-refractivity contribution in [1.82, 2.24) is 0 Å². The molecule has 2 rings (SSSR count). The van der Waals surface area contributed by atoms with Crippen LogP contribution >= 0.6 is 59.3 Å². The molecular weight excluding hydrogens is 322 g/mol. The standard InChI is InChI=1S/C7H12S4.C4H7NOS/c1(6-3-10-6)8-5-9-2-7-4-11-7;1-3(6)2-4(5)7/h6-7H,1-5H2;2H2,1H3,(H2,5,7). The molecule has 0 amide bonds. The lowest BCUT2D eigenvalue weighted by atomic mass is 10.3. The molecule has 0 saturated carbocycles. The molecule has 0 radical (unpaired) electrons. The Balaban J connectivity index is 0.000000203. The molecule has 2 unspecified atom stereocenters. The lowest BCUT2D eigenvalue weighted by molar-refractivity contribution is -0.115. The summed E-state index contributed by atoms with van der Waals surface area (Å²) in [5, 5.41) is 3.38. The molecule has 0 bridgehead atoms. The normalized spacial score (nSPS) is 23.8. The Hall–Kier alpha value is 0.960. The van der Waals surface area contributed by atoms with Gasteiger partial charge >= 0.3 is 0 Å². The van der Waals surface area contributed by atoms with Gasteiger partial charge < -0.3 is 5.73 Å². The van der Waals surface area contributed by atoms with E-state index in [1.165, 1.54) is 35.0 Å². The largest absolute Gasteiger partial charge is 0.393 e. The highest BCUT2D eigenvalue weighted by atomic mass is 32.2. The van der Waals surface area contributed by atoms with Crippen LogP contribution in [0, 0.1) is 0 Å². The first-order valence-electron chi connectivity index (χ1n) is 5.74. The van der Waals surface area contributed by atoms with Gasteiger partial charge in [0.05, 0.1) is 11.4 Å². The molecule has 18 heavy (non-hydrogen) atoms. The van der Waals surface area contributed by atoms with Crippen LogP contribution < -0.4 is 5.73 Å². The molecule has 2 fully saturated rings. The number of hydrogen-bond donors (Lipinski definition) is 1. The number of carbonyl (C=O) groups is 1. The monoisotopic (exact) mass is 341 g/mol. The van der Waals surface area contributed by atoms with Gasteiger partial charge in [0.25, 0.3) is 0 Å². The van der Waals surface area contributed by atoms with Crippen LogP contribution in [0.25, 0.3) is 0 Å². The predicted molar refractivity (Wildman–Crippen MR) is 94.4 cm³/mol. The van der Waals surface area contributed by atoms with Crippen molar-refractivity contribution in [3.05, 3.63) is 0 Å². The first-order valence-corrected chi connectivity index (χ1v) is 10.6. The molecule has 0 aromatic carbocycles.